The summed E-state index contributed by atoms with van der Waals surface area (Å²) in [4.78, 5) is 5.34. The Morgan fingerprint density at radius 1 is 1.43 bits per heavy atom. The Hall–Kier alpha value is -1.17. The molecule has 0 bridgehead atoms. The summed E-state index contributed by atoms with van der Waals surface area (Å²) in [5.41, 5.74) is 2.73. The van der Waals surface area contributed by atoms with Crippen molar-refractivity contribution in [1.29, 1.82) is 0 Å². The number of nitrogens with zero attached hydrogens (tertiary/aromatic N) is 3. The molecule has 2 aromatic rings. The van der Waals surface area contributed by atoms with Crippen molar-refractivity contribution in [1.82, 2.24) is 14.7 Å². The minimum absolute atomic E-state index is 0.431. The van der Waals surface area contributed by atoms with Gasteiger partial charge in [-0.3, -0.25) is 9.58 Å². The number of aryl methyl sites for hydroxylation is 2. The topological polar surface area (TPSA) is 30.3 Å². The van der Waals surface area contributed by atoms with Crippen LogP contribution in [0, 0.1) is 6.92 Å². The van der Waals surface area contributed by atoms with E-state index in [1.165, 1.54) is 21.0 Å². The van der Waals surface area contributed by atoms with Crippen LogP contribution in [-0.4, -0.2) is 34.9 Å². The van der Waals surface area contributed by atoms with Gasteiger partial charge >= 0.3 is 0 Å². The monoisotopic (exact) mass is 305 g/mol. The van der Waals surface area contributed by atoms with Gasteiger partial charge in [-0.15, -0.1) is 11.3 Å². The van der Waals surface area contributed by atoms with Crippen molar-refractivity contribution in [2.75, 3.05) is 20.3 Å². The van der Waals surface area contributed by atoms with Gasteiger partial charge in [0.25, 0.3) is 0 Å². The van der Waals surface area contributed by atoms with E-state index in [0.29, 0.717) is 5.92 Å². The second-order valence-electron chi connectivity index (χ2n) is 5.70. The molecule has 0 saturated carbocycles. The van der Waals surface area contributed by atoms with Crippen LogP contribution in [0.25, 0.3) is 0 Å². The van der Waals surface area contributed by atoms with E-state index in [-0.39, 0.29) is 0 Å². The van der Waals surface area contributed by atoms with E-state index >= 15 is 0 Å². The molecular weight excluding hydrogens is 282 g/mol. The van der Waals surface area contributed by atoms with Crippen LogP contribution in [0.3, 0.4) is 0 Å². The zero-order chi connectivity index (χ0) is 14.8. The molecule has 4 nitrogen and oxygen atoms in total. The predicted octanol–water partition coefficient (Wildman–Crippen LogP) is 3.02. The van der Waals surface area contributed by atoms with Gasteiger partial charge in [0.15, 0.2) is 0 Å². The molecule has 0 saturated heterocycles. The van der Waals surface area contributed by atoms with E-state index in [1.54, 1.807) is 7.11 Å². The van der Waals surface area contributed by atoms with E-state index in [9.17, 15) is 0 Å². The lowest BCUT2D eigenvalue weighted by molar-refractivity contribution is 0.134. The highest BCUT2D eigenvalue weighted by atomic mass is 32.1. The van der Waals surface area contributed by atoms with Gasteiger partial charge in [0.1, 0.15) is 0 Å². The van der Waals surface area contributed by atoms with Crippen LogP contribution in [0.2, 0.25) is 0 Å². The maximum Gasteiger partial charge on any atom is 0.0560 e. The zero-order valence-corrected chi connectivity index (χ0v) is 13.8. The van der Waals surface area contributed by atoms with Crippen LogP contribution in [0.5, 0.6) is 0 Å². The van der Waals surface area contributed by atoms with Crippen molar-refractivity contribution < 1.29 is 4.74 Å². The molecular formula is C16H23N3OS. The molecule has 1 atom stereocenters. The quantitative estimate of drug-likeness (QED) is 0.850. The van der Waals surface area contributed by atoms with Crippen LogP contribution in [-0.2, 0) is 24.4 Å². The molecule has 0 amide bonds. The van der Waals surface area contributed by atoms with Gasteiger partial charge in [0.2, 0.25) is 0 Å². The van der Waals surface area contributed by atoms with Crippen molar-refractivity contribution in [3.05, 3.63) is 39.3 Å². The van der Waals surface area contributed by atoms with E-state index in [2.05, 4.69) is 40.7 Å². The predicted molar refractivity (Wildman–Crippen MR) is 85.7 cm³/mol. The molecule has 0 radical (unpaired) electrons. The van der Waals surface area contributed by atoms with Crippen molar-refractivity contribution >= 4 is 11.3 Å². The summed E-state index contributed by atoms with van der Waals surface area (Å²) < 4.78 is 7.55. The summed E-state index contributed by atoms with van der Waals surface area (Å²) in [5, 5.41) is 4.53. The highest BCUT2D eigenvalue weighted by Gasteiger charge is 2.28. The van der Waals surface area contributed by atoms with Crippen LogP contribution < -0.4 is 0 Å². The Bertz CT molecular complexity index is 604. The summed E-state index contributed by atoms with van der Waals surface area (Å²) in [5.74, 6) is 0.431. The van der Waals surface area contributed by atoms with E-state index < -0.39 is 0 Å². The number of methoxy groups -OCH3 is 1. The van der Waals surface area contributed by atoms with Gasteiger partial charge in [-0.05, 0) is 26.0 Å². The highest BCUT2D eigenvalue weighted by Crippen LogP contribution is 2.30. The Labute approximate surface area is 130 Å². The minimum Gasteiger partial charge on any atom is -0.384 e. The lowest BCUT2D eigenvalue weighted by atomic mass is 9.95. The third-order valence-electron chi connectivity index (χ3n) is 4.12. The largest absolute Gasteiger partial charge is 0.384 e. The lowest BCUT2D eigenvalue weighted by Crippen LogP contribution is -2.35. The van der Waals surface area contributed by atoms with E-state index in [0.717, 1.165) is 32.8 Å². The van der Waals surface area contributed by atoms with Crippen molar-refractivity contribution in [2.45, 2.75) is 39.4 Å². The molecule has 0 aliphatic carbocycles. The molecule has 0 spiro atoms. The van der Waals surface area contributed by atoms with E-state index in [1.807, 2.05) is 17.5 Å². The lowest BCUT2D eigenvalue weighted by Gasteiger charge is -2.32. The summed E-state index contributed by atoms with van der Waals surface area (Å²) >= 11 is 1.89. The standard InChI is InChI=1S/C16H23N3OS/c1-4-19-16-10-18(9-14-6-5-12(2)21-14)8-13(11-20-3)15(16)7-17-19/h5-7,13H,4,8-11H2,1-3H3. The summed E-state index contributed by atoms with van der Waals surface area (Å²) in [6, 6.07) is 4.45. The molecule has 114 valence electrons. The number of hydrogen-bond acceptors (Lipinski definition) is 4. The minimum atomic E-state index is 0.431. The van der Waals surface area contributed by atoms with Crippen LogP contribution >= 0.6 is 11.3 Å². The average molecular weight is 305 g/mol. The van der Waals surface area contributed by atoms with Crippen LogP contribution in [0.4, 0.5) is 0 Å². The smallest absolute Gasteiger partial charge is 0.0560 e. The third-order valence-corrected chi connectivity index (χ3v) is 5.10. The van der Waals surface area contributed by atoms with Gasteiger partial charge < -0.3 is 4.74 Å². The maximum atomic E-state index is 5.42. The zero-order valence-electron chi connectivity index (χ0n) is 13.0. The van der Waals surface area contributed by atoms with Gasteiger partial charge in [-0.25, -0.2) is 0 Å². The van der Waals surface area contributed by atoms with Crippen molar-refractivity contribution in [3.63, 3.8) is 0 Å². The number of ether oxygens (including phenoxy) is 1. The highest BCUT2D eigenvalue weighted by molar-refractivity contribution is 7.11. The summed E-state index contributed by atoms with van der Waals surface area (Å²) in [6.07, 6.45) is 2.04. The van der Waals surface area contributed by atoms with Crippen molar-refractivity contribution in [2.24, 2.45) is 0 Å². The number of aromatic nitrogens is 2. The third kappa shape index (κ3) is 3.05. The molecule has 3 heterocycles. The molecule has 0 N–H and O–H groups in total. The fourth-order valence-electron chi connectivity index (χ4n) is 3.15. The molecule has 3 rings (SSSR count). The molecule has 1 aliphatic rings. The Balaban J connectivity index is 1.81. The first-order chi connectivity index (χ1) is 10.2. The number of fused-ring (bicyclic) bond motifs is 1. The first kappa shape index (κ1) is 14.8. The fourth-order valence-corrected chi connectivity index (χ4v) is 4.09. The number of rotatable bonds is 5. The summed E-state index contributed by atoms with van der Waals surface area (Å²) in [7, 11) is 1.78. The first-order valence-electron chi connectivity index (χ1n) is 7.52. The Kier molecular flexibility index (Phi) is 4.42. The summed E-state index contributed by atoms with van der Waals surface area (Å²) in [6.45, 7) is 9.08. The molecule has 1 unspecified atom stereocenters. The molecule has 1 aliphatic heterocycles. The molecule has 21 heavy (non-hydrogen) atoms. The second-order valence-corrected chi connectivity index (χ2v) is 7.07. The maximum absolute atomic E-state index is 5.42. The Morgan fingerprint density at radius 3 is 2.95 bits per heavy atom. The van der Waals surface area contributed by atoms with Crippen LogP contribution in [0.15, 0.2) is 18.3 Å². The van der Waals surface area contributed by atoms with Gasteiger partial charge in [-0.1, -0.05) is 0 Å². The molecule has 2 aromatic heterocycles. The van der Waals surface area contributed by atoms with Gasteiger partial charge in [0, 0.05) is 54.5 Å². The number of thiophene rings is 1. The SMILES string of the molecule is CCn1ncc2c1CN(Cc1ccc(C)s1)CC2COC. The van der Waals surface area contributed by atoms with Gasteiger partial charge in [-0.2, -0.15) is 5.10 Å². The van der Waals surface area contributed by atoms with Gasteiger partial charge in [0.05, 0.1) is 18.5 Å². The van der Waals surface area contributed by atoms with E-state index in [4.69, 9.17) is 4.74 Å². The Morgan fingerprint density at radius 2 is 2.29 bits per heavy atom. The molecule has 0 fully saturated rings. The van der Waals surface area contributed by atoms with Crippen LogP contribution in [0.1, 0.15) is 33.9 Å². The first-order valence-corrected chi connectivity index (χ1v) is 8.34. The second kappa shape index (κ2) is 6.30. The fraction of sp³-hybridized carbons (Fsp3) is 0.562. The average Bonchev–Trinajstić information content (AvgIpc) is 3.05. The molecule has 0 aromatic carbocycles. The molecule has 5 heteroatoms. The normalized spacial score (nSPS) is 18.9. The number of hydrogen-bond donors (Lipinski definition) is 0. The van der Waals surface area contributed by atoms with Crippen molar-refractivity contribution in [3.8, 4) is 0 Å².